The van der Waals surface area contributed by atoms with Gasteiger partial charge in [0.2, 0.25) is 0 Å². The van der Waals surface area contributed by atoms with E-state index >= 15 is 0 Å². The molecule has 0 rings (SSSR count). The second-order valence-electron chi connectivity index (χ2n) is 4.17. The lowest BCUT2D eigenvalue weighted by Gasteiger charge is -2.29. The van der Waals surface area contributed by atoms with E-state index in [-0.39, 0.29) is 9.68 Å². The fraction of sp³-hybridized carbons (Fsp3) is 0.800. The molecule has 72 valence electrons. The number of hydrogen-bond acceptors (Lipinski definition) is 1. The molecule has 1 nitrogen and oxygen atoms in total. The molecule has 0 aromatic rings. The quantitative estimate of drug-likeness (QED) is 0.606. The third-order valence-electron chi connectivity index (χ3n) is 2.04. The lowest BCUT2D eigenvalue weighted by Crippen LogP contribution is -2.39. The topological polar surface area (TPSA) is 3.24 Å². The van der Waals surface area contributed by atoms with Crippen LogP contribution in [-0.4, -0.2) is 26.3 Å². The zero-order chi connectivity index (χ0) is 9.72. The van der Waals surface area contributed by atoms with Crippen LogP contribution in [0.5, 0.6) is 0 Å². The van der Waals surface area contributed by atoms with Gasteiger partial charge in [0, 0.05) is 0 Å². The van der Waals surface area contributed by atoms with E-state index in [0.717, 1.165) is 0 Å². The fourth-order valence-corrected chi connectivity index (χ4v) is 2.73. The van der Waals surface area contributed by atoms with Crippen molar-refractivity contribution in [3.63, 3.8) is 0 Å². The summed E-state index contributed by atoms with van der Waals surface area (Å²) in [6, 6.07) is 1.40. The third kappa shape index (κ3) is 4.73. The Balaban J connectivity index is 4.06. The van der Waals surface area contributed by atoms with Crippen LogP contribution in [0, 0.1) is 0 Å². The molecular weight excluding hydrogens is 162 g/mol. The van der Waals surface area contributed by atoms with Gasteiger partial charge >= 0.3 is 0 Å². The third-order valence-corrected chi connectivity index (χ3v) is 4.92. The molecule has 0 aliphatic rings. The Morgan fingerprint density at radius 3 is 1.75 bits per heavy atom. The standard InChI is InChI=1S/C10H23NSi/c1-8(2)7-12-11(9(3)4)10(5)6/h7,9-10H,12H2,1-6H3. The Bertz CT molecular complexity index is 138. The molecule has 0 unspecified atom stereocenters. The summed E-state index contributed by atoms with van der Waals surface area (Å²) < 4.78 is 2.62. The average Bonchev–Trinajstić information content (AvgIpc) is 1.84. The van der Waals surface area contributed by atoms with E-state index in [9.17, 15) is 0 Å². The van der Waals surface area contributed by atoms with Crippen molar-refractivity contribution in [1.82, 2.24) is 4.57 Å². The highest BCUT2D eigenvalue weighted by atomic mass is 28.2. The predicted molar refractivity (Wildman–Crippen MR) is 60.1 cm³/mol. The van der Waals surface area contributed by atoms with Gasteiger partial charge < -0.3 is 4.57 Å². The van der Waals surface area contributed by atoms with Crippen LogP contribution in [-0.2, 0) is 0 Å². The van der Waals surface area contributed by atoms with E-state index in [1.807, 2.05) is 0 Å². The summed E-state index contributed by atoms with van der Waals surface area (Å²) >= 11 is 0. The maximum absolute atomic E-state index is 2.62. The van der Waals surface area contributed by atoms with Crippen molar-refractivity contribution < 1.29 is 0 Å². The highest BCUT2D eigenvalue weighted by Gasteiger charge is 2.10. The second kappa shape index (κ2) is 5.54. The Morgan fingerprint density at radius 2 is 1.50 bits per heavy atom. The molecule has 0 N–H and O–H groups in total. The van der Waals surface area contributed by atoms with Crippen molar-refractivity contribution in [1.29, 1.82) is 0 Å². The zero-order valence-electron chi connectivity index (χ0n) is 9.39. The second-order valence-corrected chi connectivity index (χ2v) is 5.67. The molecule has 0 atom stereocenters. The first-order valence-corrected chi connectivity index (χ1v) is 6.29. The molecule has 0 saturated heterocycles. The van der Waals surface area contributed by atoms with E-state index < -0.39 is 0 Å². The molecule has 2 heteroatoms. The number of nitrogens with zero attached hydrogens (tertiary/aromatic N) is 1. The summed E-state index contributed by atoms with van der Waals surface area (Å²) in [5.41, 5.74) is 3.90. The van der Waals surface area contributed by atoms with Gasteiger partial charge in [-0.1, -0.05) is 39.0 Å². The molecule has 0 saturated carbocycles. The first-order chi connectivity index (χ1) is 5.45. The van der Waals surface area contributed by atoms with Crippen molar-refractivity contribution in [3.8, 4) is 0 Å². The minimum Gasteiger partial charge on any atom is -0.321 e. The summed E-state index contributed by atoms with van der Waals surface area (Å²) in [7, 11) is -0.146. The summed E-state index contributed by atoms with van der Waals surface area (Å²) in [6.07, 6.45) is 0. The van der Waals surface area contributed by atoms with Gasteiger partial charge in [0.25, 0.3) is 0 Å². The Morgan fingerprint density at radius 1 is 1.08 bits per heavy atom. The van der Waals surface area contributed by atoms with Crippen LogP contribution in [0.1, 0.15) is 41.5 Å². The van der Waals surface area contributed by atoms with Crippen LogP contribution in [0.25, 0.3) is 0 Å². The van der Waals surface area contributed by atoms with Crippen molar-refractivity contribution >= 4 is 9.68 Å². The Kier molecular flexibility index (Phi) is 5.50. The molecule has 0 amide bonds. The lowest BCUT2D eigenvalue weighted by molar-refractivity contribution is 0.315. The van der Waals surface area contributed by atoms with Gasteiger partial charge in [-0.25, -0.2) is 0 Å². The van der Waals surface area contributed by atoms with Gasteiger partial charge in [-0.15, -0.1) is 0 Å². The van der Waals surface area contributed by atoms with Crippen molar-refractivity contribution in [2.45, 2.75) is 53.6 Å². The first kappa shape index (κ1) is 11.9. The van der Waals surface area contributed by atoms with Crippen LogP contribution in [0.4, 0.5) is 0 Å². The minimum absolute atomic E-state index is 0.146. The molecular formula is C10H23NSi. The number of allylic oxidation sites excluding steroid dienone is 1. The van der Waals surface area contributed by atoms with Crippen LogP contribution in [0.15, 0.2) is 11.3 Å². The highest BCUT2D eigenvalue weighted by molar-refractivity contribution is 6.39. The summed E-state index contributed by atoms with van der Waals surface area (Å²) in [4.78, 5) is 0. The van der Waals surface area contributed by atoms with Crippen molar-refractivity contribution in [2.24, 2.45) is 0 Å². The largest absolute Gasteiger partial charge is 0.321 e. The predicted octanol–water partition coefficient (Wildman–Crippen LogP) is 2.11. The van der Waals surface area contributed by atoms with Gasteiger partial charge in [-0.3, -0.25) is 0 Å². The summed E-state index contributed by atoms with van der Waals surface area (Å²) in [5, 5.41) is 0. The average molecular weight is 185 g/mol. The smallest absolute Gasteiger partial charge is 0.120 e. The molecule has 12 heavy (non-hydrogen) atoms. The SMILES string of the molecule is CC(C)=C[SiH2]N(C(C)C)C(C)C. The molecule has 0 spiro atoms. The molecule has 0 aromatic carbocycles. The van der Waals surface area contributed by atoms with Crippen LogP contribution < -0.4 is 0 Å². The van der Waals surface area contributed by atoms with Crippen molar-refractivity contribution in [2.75, 3.05) is 0 Å². The molecule has 0 aliphatic carbocycles. The van der Waals surface area contributed by atoms with E-state index in [4.69, 9.17) is 0 Å². The minimum atomic E-state index is -0.146. The van der Waals surface area contributed by atoms with E-state index in [0.29, 0.717) is 12.1 Å². The van der Waals surface area contributed by atoms with E-state index in [1.54, 1.807) is 0 Å². The van der Waals surface area contributed by atoms with Gasteiger partial charge in [0.15, 0.2) is 0 Å². The van der Waals surface area contributed by atoms with Crippen molar-refractivity contribution in [3.05, 3.63) is 11.3 Å². The lowest BCUT2D eigenvalue weighted by atomic mass is 10.3. The van der Waals surface area contributed by atoms with E-state index in [2.05, 4.69) is 51.8 Å². The zero-order valence-corrected chi connectivity index (χ0v) is 10.8. The monoisotopic (exact) mass is 185 g/mol. The molecule has 0 aromatic heterocycles. The molecule has 0 heterocycles. The summed E-state index contributed by atoms with van der Waals surface area (Å²) in [5.74, 6) is 0. The van der Waals surface area contributed by atoms with Gasteiger partial charge in [-0.05, 0) is 25.9 Å². The summed E-state index contributed by atoms with van der Waals surface area (Å²) in [6.45, 7) is 13.5. The highest BCUT2D eigenvalue weighted by Crippen LogP contribution is 2.03. The Hall–Kier alpha value is -0.0831. The maximum atomic E-state index is 2.62. The normalized spacial score (nSPS) is 12.4. The van der Waals surface area contributed by atoms with Gasteiger partial charge in [0.1, 0.15) is 9.68 Å². The Labute approximate surface area is 79.7 Å². The van der Waals surface area contributed by atoms with Gasteiger partial charge in [0.05, 0.1) is 0 Å². The van der Waals surface area contributed by atoms with Gasteiger partial charge in [-0.2, -0.15) is 0 Å². The molecule has 0 radical (unpaired) electrons. The van der Waals surface area contributed by atoms with Crippen LogP contribution in [0.3, 0.4) is 0 Å². The number of rotatable bonds is 4. The van der Waals surface area contributed by atoms with Crippen LogP contribution in [0.2, 0.25) is 0 Å². The molecule has 0 bridgehead atoms. The fourth-order valence-electron chi connectivity index (χ4n) is 1.31. The molecule has 0 fully saturated rings. The number of hydrogen-bond donors (Lipinski definition) is 0. The first-order valence-electron chi connectivity index (χ1n) is 4.84. The maximum Gasteiger partial charge on any atom is 0.120 e. The molecule has 0 aliphatic heterocycles. The van der Waals surface area contributed by atoms with E-state index in [1.165, 1.54) is 5.57 Å². The van der Waals surface area contributed by atoms with Crippen LogP contribution >= 0.6 is 0 Å².